The average molecular weight is 183 g/mol. The van der Waals surface area contributed by atoms with Crippen LogP contribution < -0.4 is 0 Å². The smallest absolute Gasteiger partial charge is 0.132 e. The highest BCUT2D eigenvalue weighted by Crippen LogP contribution is 2.28. The average Bonchev–Trinajstić information content (AvgIpc) is 2.58. The second-order valence-corrected chi connectivity index (χ2v) is 5.73. The molecular formula is C10H15OS+. The molecule has 1 N–H and O–H groups in total. The first-order valence-electron chi connectivity index (χ1n) is 4.62. The van der Waals surface area contributed by atoms with Gasteiger partial charge in [-0.1, -0.05) is 0 Å². The first-order valence-corrected chi connectivity index (χ1v) is 6.19. The highest BCUT2D eigenvalue weighted by molar-refractivity contribution is 8.00. The summed E-state index contributed by atoms with van der Waals surface area (Å²) in [6.45, 7) is 0. The van der Waals surface area contributed by atoms with Crippen LogP contribution in [-0.2, 0) is 10.9 Å². The van der Waals surface area contributed by atoms with E-state index in [1.165, 1.54) is 24.3 Å². The molecule has 66 valence electrons. The van der Waals surface area contributed by atoms with Crippen LogP contribution in [-0.4, -0.2) is 16.6 Å². The van der Waals surface area contributed by atoms with E-state index in [-0.39, 0.29) is 0 Å². The summed E-state index contributed by atoms with van der Waals surface area (Å²) < 4.78 is 0. The molecule has 2 heteroatoms. The number of aliphatic hydroxyl groups excluding tert-OH is 1. The fourth-order valence-electron chi connectivity index (χ4n) is 1.76. The molecule has 1 saturated heterocycles. The zero-order valence-electron chi connectivity index (χ0n) is 7.25. The van der Waals surface area contributed by atoms with Gasteiger partial charge in [0.05, 0.1) is 5.76 Å². The van der Waals surface area contributed by atoms with Gasteiger partial charge in [-0.2, -0.15) is 0 Å². The van der Waals surface area contributed by atoms with E-state index in [1.54, 1.807) is 4.91 Å². The molecule has 0 aromatic rings. The first-order chi connectivity index (χ1) is 5.86. The Bertz CT molecular complexity index is 224. The van der Waals surface area contributed by atoms with E-state index in [0.29, 0.717) is 16.7 Å². The molecule has 1 aliphatic carbocycles. The number of rotatable bonds is 1. The molecule has 0 saturated carbocycles. The number of allylic oxidation sites excluding steroid dienone is 4. The van der Waals surface area contributed by atoms with Crippen molar-refractivity contribution >= 4 is 10.9 Å². The van der Waals surface area contributed by atoms with Gasteiger partial charge in [-0.15, -0.1) is 0 Å². The molecule has 12 heavy (non-hydrogen) atoms. The lowest BCUT2D eigenvalue weighted by Gasteiger charge is -2.08. The maximum atomic E-state index is 9.19. The summed E-state index contributed by atoms with van der Waals surface area (Å²) >= 11 is 0. The summed E-state index contributed by atoms with van der Waals surface area (Å²) in [6.07, 6.45) is 8.82. The highest BCUT2D eigenvalue weighted by Gasteiger charge is 2.29. The van der Waals surface area contributed by atoms with E-state index >= 15 is 0 Å². The van der Waals surface area contributed by atoms with E-state index in [0.717, 1.165) is 12.8 Å². The summed E-state index contributed by atoms with van der Waals surface area (Å²) in [7, 11) is 0.577. The fraction of sp³-hybridized carbons (Fsp3) is 0.600. The molecule has 1 heterocycles. The van der Waals surface area contributed by atoms with E-state index in [2.05, 4.69) is 6.08 Å². The van der Waals surface area contributed by atoms with Crippen molar-refractivity contribution in [2.45, 2.75) is 25.7 Å². The monoisotopic (exact) mass is 183 g/mol. The molecule has 0 atom stereocenters. The van der Waals surface area contributed by atoms with Gasteiger partial charge in [-0.3, -0.25) is 0 Å². The molecule has 0 unspecified atom stereocenters. The number of hydrogen-bond donors (Lipinski definition) is 1. The minimum absolute atomic E-state index is 0.557. The Balaban J connectivity index is 2.04. The number of aliphatic hydroxyl groups is 1. The van der Waals surface area contributed by atoms with Crippen molar-refractivity contribution in [1.29, 1.82) is 0 Å². The molecule has 1 nitrogen and oxygen atoms in total. The van der Waals surface area contributed by atoms with Gasteiger partial charge in [-0.05, 0) is 25.0 Å². The summed E-state index contributed by atoms with van der Waals surface area (Å²) in [6, 6.07) is 0. The van der Waals surface area contributed by atoms with Crippen LogP contribution in [0.5, 0.6) is 0 Å². The van der Waals surface area contributed by atoms with Gasteiger partial charge < -0.3 is 5.11 Å². The minimum Gasteiger partial charge on any atom is -0.512 e. The van der Waals surface area contributed by atoms with E-state index < -0.39 is 0 Å². The van der Waals surface area contributed by atoms with Crippen LogP contribution in [0.2, 0.25) is 0 Å². The maximum Gasteiger partial charge on any atom is 0.132 e. The molecule has 0 radical (unpaired) electrons. The lowest BCUT2D eigenvalue weighted by molar-refractivity contribution is 0.387. The Morgan fingerprint density at radius 2 is 1.83 bits per heavy atom. The van der Waals surface area contributed by atoms with Crippen LogP contribution in [0, 0.1) is 0 Å². The van der Waals surface area contributed by atoms with Crippen molar-refractivity contribution in [3.05, 3.63) is 22.8 Å². The summed E-state index contributed by atoms with van der Waals surface area (Å²) in [4.78, 5) is 1.60. The van der Waals surface area contributed by atoms with Gasteiger partial charge in [0.2, 0.25) is 0 Å². The van der Waals surface area contributed by atoms with Crippen LogP contribution in [0.15, 0.2) is 22.8 Å². The lowest BCUT2D eigenvalue weighted by atomic mass is 10.2. The van der Waals surface area contributed by atoms with Crippen LogP contribution in [0.25, 0.3) is 0 Å². The molecule has 2 rings (SSSR count). The van der Waals surface area contributed by atoms with Crippen LogP contribution in [0.1, 0.15) is 25.7 Å². The Hall–Kier alpha value is -0.370. The van der Waals surface area contributed by atoms with Gasteiger partial charge in [0.25, 0.3) is 0 Å². The quantitative estimate of drug-likeness (QED) is 0.619. The van der Waals surface area contributed by atoms with Gasteiger partial charge >= 0.3 is 0 Å². The zero-order valence-corrected chi connectivity index (χ0v) is 8.07. The standard InChI is InChI=1S/C10H14OS/c11-9-3-5-10(6-4-9)12-7-1-2-8-12/h3,5H,1-2,4,6-8H2/p+1. The molecule has 0 aromatic heterocycles. The third-order valence-corrected chi connectivity index (χ3v) is 5.14. The molecule has 0 bridgehead atoms. The van der Waals surface area contributed by atoms with Crippen molar-refractivity contribution in [3.8, 4) is 0 Å². The predicted molar refractivity (Wildman–Crippen MR) is 54.4 cm³/mol. The van der Waals surface area contributed by atoms with Crippen molar-refractivity contribution in [2.75, 3.05) is 11.5 Å². The molecule has 2 aliphatic rings. The third kappa shape index (κ3) is 1.69. The highest BCUT2D eigenvalue weighted by atomic mass is 32.2. The van der Waals surface area contributed by atoms with Crippen molar-refractivity contribution in [1.82, 2.24) is 0 Å². The molecular weight excluding hydrogens is 168 g/mol. The van der Waals surface area contributed by atoms with Gasteiger partial charge in [-0.25, -0.2) is 0 Å². The second-order valence-electron chi connectivity index (χ2n) is 3.40. The Kier molecular flexibility index (Phi) is 2.45. The minimum atomic E-state index is 0.557. The van der Waals surface area contributed by atoms with E-state index in [9.17, 15) is 5.11 Å². The largest absolute Gasteiger partial charge is 0.512 e. The normalized spacial score (nSPS) is 25.3. The number of hydrogen-bond acceptors (Lipinski definition) is 1. The van der Waals surface area contributed by atoms with Crippen LogP contribution >= 0.6 is 0 Å². The second kappa shape index (κ2) is 3.56. The SMILES string of the molecule is OC1=CC=C([S+]2CCCC2)CC1. The predicted octanol–water partition coefficient (Wildman–Crippen LogP) is 2.52. The molecule has 0 amide bonds. The summed E-state index contributed by atoms with van der Waals surface area (Å²) in [5.41, 5.74) is 0. The van der Waals surface area contributed by atoms with E-state index in [1.807, 2.05) is 6.08 Å². The van der Waals surface area contributed by atoms with E-state index in [4.69, 9.17) is 0 Å². The molecule has 1 fully saturated rings. The summed E-state index contributed by atoms with van der Waals surface area (Å²) in [5.74, 6) is 3.36. The third-order valence-electron chi connectivity index (χ3n) is 2.49. The van der Waals surface area contributed by atoms with Gasteiger partial charge in [0.15, 0.2) is 0 Å². The first kappa shape index (κ1) is 8.24. The Morgan fingerprint density at radius 3 is 2.42 bits per heavy atom. The Labute approximate surface area is 76.5 Å². The van der Waals surface area contributed by atoms with Crippen molar-refractivity contribution in [3.63, 3.8) is 0 Å². The molecule has 0 aromatic carbocycles. The van der Waals surface area contributed by atoms with Gasteiger partial charge in [0, 0.05) is 23.7 Å². The Morgan fingerprint density at radius 1 is 1.08 bits per heavy atom. The van der Waals surface area contributed by atoms with Crippen LogP contribution in [0.3, 0.4) is 0 Å². The van der Waals surface area contributed by atoms with Crippen LogP contribution in [0.4, 0.5) is 0 Å². The molecule has 1 aliphatic heterocycles. The topological polar surface area (TPSA) is 20.2 Å². The van der Waals surface area contributed by atoms with Gasteiger partial charge in [0.1, 0.15) is 16.4 Å². The maximum absolute atomic E-state index is 9.19. The van der Waals surface area contributed by atoms with Crippen molar-refractivity contribution in [2.24, 2.45) is 0 Å². The zero-order chi connectivity index (χ0) is 8.39. The summed E-state index contributed by atoms with van der Waals surface area (Å²) in [5, 5.41) is 9.19. The lowest BCUT2D eigenvalue weighted by Crippen LogP contribution is -2.08. The molecule has 0 spiro atoms. The fourth-order valence-corrected chi connectivity index (χ4v) is 4.25. The van der Waals surface area contributed by atoms with Crippen molar-refractivity contribution < 1.29 is 5.11 Å².